The number of hydrogen-bond donors (Lipinski definition) is 0. The van der Waals surface area contributed by atoms with E-state index >= 15 is 0 Å². The van der Waals surface area contributed by atoms with E-state index in [9.17, 15) is 4.79 Å². The van der Waals surface area contributed by atoms with E-state index in [2.05, 4.69) is 6.07 Å². The number of carbonyl (C=O) groups excluding carboxylic acids is 1. The van der Waals surface area contributed by atoms with Gasteiger partial charge in [-0.15, -0.1) is 0 Å². The van der Waals surface area contributed by atoms with Crippen LogP contribution in [0.3, 0.4) is 0 Å². The molecular weight excluding hydrogens is 184 g/mol. The summed E-state index contributed by atoms with van der Waals surface area (Å²) in [5.74, 6) is 0.409. The number of carbonyl (C=O) groups is 1. The van der Waals surface area contributed by atoms with E-state index < -0.39 is 0 Å². The Kier molecular flexibility index (Phi) is 2.36. The molecule has 1 aliphatic rings. The SMILES string of the molecule is O=CCC1CCc2ccc(Cl)cc21. The third-order valence-electron chi connectivity index (χ3n) is 2.69. The van der Waals surface area contributed by atoms with Crippen LogP contribution in [0.2, 0.25) is 5.02 Å². The minimum Gasteiger partial charge on any atom is -0.303 e. The highest BCUT2D eigenvalue weighted by Crippen LogP contribution is 2.36. The molecule has 1 unspecified atom stereocenters. The van der Waals surface area contributed by atoms with Crippen LogP contribution in [0.4, 0.5) is 0 Å². The van der Waals surface area contributed by atoms with E-state index in [0.29, 0.717) is 12.3 Å². The standard InChI is InChI=1S/C11H11ClO/c12-10-4-3-8-1-2-9(5-6-13)11(8)7-10/h3-4,6-7,9H,1-2,5H2. The summed E-state index contributed by atoms with van der Waals surface area (Å²) in [6.45, 7) is 0. The maximum atomic E-state index is 10.4. The normalized spacial score (nSPS) is 19.9. The lowest BCUT2D eigenvalue weighted by atomic mass is 9.99. The van der Waals surface area contributed by atoms with Gasteiger partial charge in [-0.1, -0.05) is 17.7 Å². The van der Waals surface area contributed by atoms with Gasteiger partial charge in [-0.3, -0.25) is 0 Å². The molecule has 0 bridgehead atoms. The summed E-state index contributed by atoms with van der Waals surface area (Å²) in [7, 11) is 0. The fourth-order valence-electron chi connectivity index (χ4n) is 2.02. The molecule has 0 spiro atoms. The van der Waals surface area contributed by atoms with Crippen molar-refractivity contribution in [3.05, 3.63) is 34.3 Å². The van der Waals surface area contributed by atoms with Gasteiger partial charge < -0.3 is 4.79 Å². The second-order valence-electron chi connectivity index (χ2n) is 3.48. The summed E-state index contributed by atoms with van der Waals surface area (Å²) in [5, 5.41) is 0.775. The molecule has 13 heavy (non-hydrogen) atoms. The van der Waals surface area contributed by atoms with Crippen molar-refractivity contribution < 1.29 is 4.79 Å². The molecule has 0 aliphatic heterocycles. The van der Waals surface area contributed by atoms with Crippen LogP contribution >= 0.6 is 11.6 Å². The fourth-order valence-corrected chi connectivity index (χ4v) is 2.20. The van der Waals surface area contributed by atoms with Gasteiger partial charge in [0.05, 0.1) is 0 Å². The Morgan fingerprint density at radius 3 is 3.15 bits per heavy atom. The summed E-state index contributed by atoms with van der Waals surface area (Å²) >= 11 is 5.90. The van der Waals surface area contributed by atoms with E-state index in [0.717, 1.165) is 24.2 Å². The van der Waals surface area contributed by atoms with Gasteiger partial charge in [-0.25, -0.2) is 0 Å². The summed E-state index contributed by atoms with van der Waals surface area (Å²) < 4.78 is 0. The Labute approximate surface area is 82.7 Å². The van der Waals surface area contributed by atoms with Crippen LogP contribution in [0.25, 0.3) is 0 Å². The molecule has 2 rings (SSSR count). The molecule has 68 valence electrons. The first-order chi connectivity index (χ1) is 6.31. The van der Waals surface area contributed by atoms with E-state index in [4.69, 9.17) is 11.6 Å². The molecule has 0 radical (unpaired) electrons. The van der Waals surface area contributed by atoms with E-state index in [1.165, 1.54) is 11.1 Å². The number of aryl methyl sites for hydroxylation is 1. The average Bonchev–Trinajstić information content (AvgIpc) is 2.49. The second-order valence-corrected chi connectivity index (χ2v) is 3.92. The molecule has 0 saturated carbocycles. The number of benzene rings is 1. The van der Waals surface area contributed by atoms with Crippen LogP contribution in [0, 0.1) is 0 Å². The number of fused-ring (bicyclic) bond motifs is 1. The molecule has 0 N–H and O–H groups in total. The Balaban J connectivity index is 2.34. The Hall–Kier alpha value is -0.820. The lowest BCUT2D eigenvalue weighted by Gasteiger charge is -2.06. The molecule has 1 atom stereocenters. The summed E-state index contributed by atoms with van der Waals surface area (Å²) in [6, 6.07) is 5.99. The van der Waals surface area contributed by atoms with Gasteiger partial charge >= 0.3 is 0 Å². The van der Waals surface area contributed by atoms with Gasteiger partial charge in [-0.2, -0.15) is 0 Å². The lowest BCUT2D eigenvalue weighted by molar-refractivity contribution is -0.108. The number of rotatable bonds is 2. The van der Waals surface area contributed by atoms with Crippen molar-refractivity contribution in [3.63, 3.8) is 0 Å². The molecular formula is C11H11ClO. The molecule has 1 aliphatic carbocycles. The van der Waals surface area contributed by atoms with Gasteiger partial charge in [0.2, 0.25) is 0 Å². The van der Waals surface area contributed by atoms with Crippen molar-refractivity contribution in [1.29, 1.82) is 0 Å². The molecule has 0 amide bonds. The van der Waals surface area contributed by atoms with E-state index in [-0.39, 0.29) is 0 Å². The van der Waals surface area contributed by atoms with Crippen LogP contribution in [0.5, 0.6) is 0 Å². The molecule has 0 aromatic heterocycles. The number of aldehydes is 1. The smallest absolute Gasteiger partial charge is 0.120 e. The number of hydrogen-bond acceptors (Lipinski definition) is 1. The third-order valence-corrected chi connectivity index (χ3v) is 2.93. The van der Waals surface area contributed by atoms with Crippen LogP contribution in [0.15, 0.2) is 18.2 Å². The first-order valence-corrected chi connectivity index (χ1v) is 4.91. The molecule has 1 aromatic carbocycles. The predicted molar refractivity (Wildman–Crippen MR) is 53.2 cm³/mol. The van der Waals surface area contributed by atoms with Crippen molar-refractivity contribution in [2.24, 2.45) is 0 Å². The van der Waals surface area contributed by atoms with Crippen molar-refractivity contribution in [3.8, 4) is 0 Å². The third kappa shape index (κ3) is 1.61. The van der Waals surface area contributed by atoms with Crippen LogP contribution in [-0.2, 0) is 11.2 Å². The maximum Gasteiger partial charge on any atom is 0.120 e. The van der Waals surface area contributed by atoms with Crippen molar-refractivity contribution >= 4 is 17.9 Å². The summed E-state index contributed by atoms with van der Waals surface area (Å²) in [4.78, 5) is 10.4. The van der Waals surface area contributed by atoms with Crippen molar-refractivity contribution in [1.82, 2.24) is 0 Å². The van der Waals surface area contributed by atoms with Gasteiger partial charge in [0, 0.05) is 11.4 Å². The summed E-state index contributed by atoms with van der Waals surface area (Å²) in [5.41, 5.74) is 2.64. The molecule has 2 heteroatoms. The van der Waals surface area contributed by atoms with Gasteiger partial charge in [0.1, 0.15) is 6.29 Å². The molecule has 0 fully saturated rings. The first kappa shape index (κ1) is 8.76. The second kappa shape index (κ2) is 3.51. The van der Waals surface area contributed by atoms with E-state index in [1.54, 1.807) is 0 Å². The Morgan fingerprint density at radius 2 is 2.38 bits per heavy atom. The van der Waals surface area contributed by atoms with E-state index in [1.807, 2.05) is 12.1 Å². The zero-order valence-corrected chi connectivity index (χ0v) is 8.05. The van der Waals surface area contributed by atoms with Crippen LogP contribution < -0.4 is 0 Å². The topological polar surface area (TPSA) is 17.1 Å². The molecule has 1 aromatic rings. The zero-order valence-electron chi connectivity index (χ0n) is 7.29. The monoisotopic (exact) mass is 194 g/mol. The summed E-state index contributed by atoms with van der Waals surface area (Å²) in [6.07, 6.45) is 3.81. The van der Waals surface area contributed by atoms with Crippen molar-refractivity contribution in [2.75, 3.05) is 0 Å². The highest BCUT2D eigenvalue weighted by Gasteiger charge is 2.21. The Morgan fingerprint density at radius 1 is 1.54 bits per heavy atom. The van der Waals surface area contributed by atoms with Gasteiger partial charge in [0.25, 0.3) is 0 Å². The van der Waals surface area contributed by atoms with Gasteiger partial charge in [-0.05, 0) is 42.0 Å². The fraction of sp³-hybridized carbons (Fsp3) is 0.364. The zero-order chi connectivity index (χ0) is 9.26. The quantitative estimate of drug-likeness (QED) is 0.662. The lowest BCUT2D eigenvalue weighted by Crippen LogP contribution is -1.93. The number of halogens is 1. The maximum absolute atomic E-state index is 10.4. The molecule has 0 saturated heterocycles. The van der Waals surface area contributed by atoms with Crippen molar-refractivity contribution in [2.45, 2.75) is 25.2 Å². The van der Waals surface area contributed by atoms with Crippen LogP contribution in [0.1, 0.15) is 29.9 Å². The van der Waals surface area contributed by atoms with Crippen LogP contribution in [-0.4, -0.2) is 6.29 Å². The Bertz CT molecular complexity index is 333. The highest BCUT2D eigenvalue weighted by molar-refractivity contribution is 6.30. The van der Waals surface area contributed by atoms with Gasteiger partial charge in [0.15, 0.2) is 0 Å². The molecule has 0 heterocycles. The largest absolute Gasteiger partial charge is 0.303 e. The molecule has 1 nitrogen and oxygen atoms in total. The highest BCUT2D eigenvalue weighted by atomic mass is 35.5. The minimum absolute atomic E-state index is 0.409. The predicted octanol–water partition coefficient (Wildman–Crippen LogP) is 2.96. The first-order valence-electron chi connectivity index (χ1n) is 4.53. The average molecular weight is 195 g/mol. The minimum atomic E-state index is 0.409.